The van der Waals surface area contributed by atoms with E-state index in [1.165, 1.54) is 0 Å². The number of amides is 1. The van der Waals surface area contributed by atoms with E-state index in [1.54, 1.807) is 48.5 Å². The molecule has 0 aromatic heterocycles. The van der Waals surface area contributed by atoms with Crippen molar-refractivity contribution in [1.82, 2.24) is 0 Å². The number of hydrogen-bond donors (Lipinski definition) is 4. The van der Waals surface area contributed by atoms with Crippen molar-refractivity contribution in [3.05, 3.63) is 59.1 Å². The second-order valence-corrected chi connectivity index (χ2v) is 5.20. The number of anilines is 2. The van der Waals surface area contributed by atoms with Gasteiger partial charge in [0.25, 0.3) is 5.91 Å². The van der Waals surface area contributed by atoms with E-state index in [4.69, 9.17) is 16.7 Å². The quantitative estimate of drug-likeness (QED) is 0.658. The van der Waals surface area contributed by atoms with Crippen LogP contribution in [-0.2, 0) is 0 Å². The Labute approximate surface area is 133 Å². The van der Waals surface area contributed by atoms with Gasteiger partial charge in [0.05, 0.1) is 12.7 Å². The molecule has 2 aromatic carbocycles. The van der Waals surface area contributed by atoms with Gasteiger partial charge in [-0.15, -0.1) is 0 Å². The SMILES string of the molecule is O=C(Nc1ccc(Cl)cc1)c1cccc(NCC(O)CO)c1. The van der Waals surface area contributed by atoms with Crippen LogP contribution in [0.2, 0.25) is 5.02 Å². The van der Waals surface area contributed by atoms with E-state index < -0.39 is 6.10 Å². The zero-order valence-electron chi connectivity index (χ0n) is 11.8. The lowest BCUT2D eigenvalue weighted by atomic mass is 10.1. The summed E-state index contributed by atoms with van der Waals surface area (Å²) in [6.45, 7) is -0.109. The third-order valence-electron chi connectivity index (χ3n) is 2.98. The molecule has 5 nitrogen and oxygen atoms in total. The molecular formula is C16H17ClN2O3. The fourth-order valence-corrected chi connectivity index (χ4v) is 1.93. The summed E-state index contributed by atoms with van der Waals surface area (Å²) in [6.07, 6.45) is -0.841. The molecule has 0 radical (unpaired) electrons. The third-order valence-corrected chi connectivity index (χ3v) is 3.23. The molecular weight excluding hydrogens is 304 g/mol. The molecule has 0 saturated heterocycles. The monoisotopic (exact) mass is 320 g/mol. The molecule has 0 aliphatic heterocycles. The first-order valence-electron chi connectivity index (χ1n) is 6.78. The zero-order valence-corrected chi connectivity index (χ0v) is 12.5. The lowest BCUT2D eigenvalue weighted by molar-refractivity contribution is 0.102. The van der Waals surface area contributed by atoms with E-state index in [0.29, 0.717) is 22.0 Å². The largest absolute Gasteiger partial charge is 0.394 e. The summed E-state index contributed by atoms with van der Waals surface area (Å²) in [7, 11) is 0. The first-order chi connectivity index (χ1) is 10.6. The van der Waals surface area contributed by atoms with E-state index in [2.05, 4.69) is 10.6 Å². The molecule has 2 rings (SSSR count). The van der Waals surface area contributed by atoms with E-state index in [9.17, 15) is 9.90 Å². The van der Waals surface area contributed by atoms with Gasteiger partial charge in [-0.2, -0.15) is 0 Å². The van der Waals surface area contributed by atoms with E-state index in [-0.39, 0.29) is 19.1 Å². The topological polar surface area (TPSA) is 81.6 Å². The molecule has 116 valence electrons. The van der Waals surface area contributed by atoms with Crippen molar-refractivity contribution in [3.8, 4) is 0 Å². The van der Waals surface area contributed by atoms with Gasteiger partial charge in [-0.25, -0.2) is 0 Å². The Morgan fingerprint density at radius 1 is 1.14 bits per heavy atom. The summed E-state index contributed by atoms with van der Waals surface area (Å²) in [6, 6.07) is 13.7. The summed E-state index contributed by atoms with van der Waals surface area (Å²) >= 11 is 5.80. The van der Waals surface area contributed by atoms with Crippen LogP contribution in [0.5, 0.6) is 0 Å². The molecule has 0 fully saturated rings. The summed E-state index contributed by atoms with van der Waals surface area (Å²) in [4.78, 5) is 12.2. The second-order valence-electron chi connectivity index (χ2n) is 4.76. The van der Waals surface area contributed by atoms with Gasteiger partial charge in [-0.3, -0.25) is 4.79 Å². The van der Waals surface area contributed by atoms with Gasteiger partial charge in [-0.05, 0) is 42.5 Å². The molecule has 1 unspecified atom stereocenters. The normalized spacial score (nSPS) is 11.8. The van der Waals surface area contributed by atoms with Crippen LogP contribution in [0.1, 0.15) is 10.4 Å². The van der Waals surface area contributed by atoms with Crippen LogP contribution in [0.15, 0.2) is 48.5 Å². The number of benzene rings is 2. The molecule has 22 heavy (non-hydrogen) atoms. The van der Waals surface area contributed by atoms with E-state index in [0.717, 1.165) is 0 Å². The van der Waals surface area contributed by atoms with Crippen molar-refractivity contribution in [2.75, 3.05) is 23.8 Å². The van der Waals surface area contributed by atoms with Gasteiger partial charge in [-0.1, -0.05) is 17.7 Å². The predicted molar refractivity (Wildman–Crippen MR) is 87.4 cm³/mol. The summed E-state index contributed by atoms with van der Waals surface area (Å²) < 4.78 is 0. The lowest BCUT2D eigenvalue weighted by Crippen LogP contribution is -2.23. The third kappa shape index (κ3) is 4.73. The van der Waals surface area contributed by atoms with Crippen LogP contribution < -0.4 is 10.6 Å². The number of aliphatic hydroxyl groups excluding tert-OH is 2. The number of carbonyl (C=O) groups excluding carboxylic acids is 1. The van der Waals surface area contributed by atoms with E-state index in [1.807, 2.05) is 0 Å². The average Bonchev–Trinajstić information content (AvgIpc) is 2.55. The highest BCUT2D eigenvalue weighted by Gasteiger charge is 2.08. The molecule has 0 heterocycles. The van der Waals surface area contributed by atoms with Crippen molar-refractivity contribution >= 4 is 28.9 Å². The molecule has 1 atom stereocenters. The highest BCUT2D eigenvalue weighted by molar-refractivity contribution is 6.30. The summed E-state index contributed by atoms with van der Waals surface area (Å²) in [5, 5.41) is 24.4. The van der Waals surface area contributed by atoms with Gasteiger partial charge in [0, 0.05) is 28.5 Å². The van der Waals surface area contributed by atoms with Crippen molar-refractivity contribution < 1.29 is 15.0 Å². The van der Waals surface area contributed by atoms with Crippen LogP contribution in [0, 0.1) is 0 Å². The van der Waals surface area contributed by atoms with Crippen molar-refractivity contribution in [3.63, 3.8) is 0 Å². The van der Waals surface area contributed by atoms with Gasteiger partial charge in [0.1, 0.15) is 0 Å². The molecule has 0 spiro atoms. The minimum absolute atomic E-state index is 0.207. The number of hydrogen-bond acceptors (Lipinski definition) is 4. The van der Waals surface area contributed by atoms with Crippen LogP contribution in [0.3, 0.4) is 0 Å². The molecule has 0 saturated carbocycles. The smallest absolute Gasteiger partial charge is 0.255 e. The highest BCUT2D eigenvalue weighted by Crippen LogP contribution is 2.16. The van der Waals surface area contributed by atoms with Crippen molar-refractivity contribution in [2.45, 2.75) is 6.10 Å². The molecule has 2 aromatic rings. The Balaban J connectivity index is 2.02. The van der Waals surface area contributed by atoms with Crippen molar-refractivity contribution in [2.24, 2.45) is 0 Å². The molecule has 0 aliphatic rings. The Morgan fingerprint density at radius 3 is 2.55 bits per heavy atom. The van der Waals surface area contributed by atoms with E-state index >= 15 is 0 Å². The Kier molecular flexibility index (Phi) is 5.77. The zero-order chi connectivity index (χ0) is 15.9. The lowest BCUT2D eigenvalue weighted by Gasteiger charge is -2.11. The molecule has 4 N–H and O–H groups in total. The second kappa shape index (κ2) is 7.79. The standard InChI is InChI=1S/C16H17ClN2O3/c17-12-4-6-13(7-5-12)19-16(22)11-2-1-3-14(8-11)18-9-15(21)10-20/h1-8,15,18,20-21H,9-10H2,(H,19,22). The average molecular weight is 321 g/mol. The highest BCUT2D eigenvalue weighted by atomic mass is 35.5. The maximum atomic E-state index is 12.2. The van der Waals surface area contributed by atoms with Crippen LogP contribution in [0.4, 0.5) is 11.4 Å². The van der Waals surface area contributed by atoms with Crippen LogP contribution in [-0.4, -0.2) is 35.4 Å². The number of nitrogens with one attached hydrogen (secondary N) is 2. The summed E-state index contributed by atoms with van der Waals surface area (Å²) in [5.41, 5.74) is 1.83. The Bertz CT molecular complexity index is 632. The van der Waals surface area contributed by atoms with Gasteiger partial charge < -0.3 is 20.8 Å². The fraction of sp³-hybridized carbons (Fsp3) is 0.188. The number of halogens is 1. The maximum Gasteiger partial charge on any atom is 0.255 e. The first-order valence-corrected chi connectivity index (χ1v) is 7.16. The molecule has 0 bridgehead atoms. The fourth-order valence-electron chi connectivity index (χ4n) is 1.81. The van der Waals surface area contributed by atoms with Gasteiger partial charge >= 0.3 is 0 Å². The summed E-state index contributed by atoms with van der Waals surface area (Å²) in [5.74, 6) is -0.242. The molecule has 6 heteroatoms. The Hall–Kier alpha value is -2.08. The van der Waals surface area contributed by atoms with Crippen LogP contribution in [0.25, 0.3) is 0 Å². The maximum absolute atomic E-state index is 12.2. The van der Waals surface area contributed by atoms with Gasteiger partial charge in [0.2, 0.25) is 0 Å². The first kappa shape index (κ1) is 16.3. The van der Waals surface area contributed by atoms with Crippen molar-refractivity contribution in [1.29, 1.82) is 0 Å². The number of rotatable bonds is 6. The predicted octanol–water partition coefficient (Wildman–Crippen LogP) is 2.36. The minimum Gasteiger partial charge on any atom is -0.394 e. The number of carbonyl (C=O) groups is 1. The number of aliphatic hydroxyl groups is 2. The minimum atomic E-state index is -0.841. The van der Waals surface area contributed by atoms with Crippen LogP contribution >= 0.6 is 11.6 Å². The Morgan fingerprint density at radius 2 is 1.86 bits per heavy atom. The molecule has 0 aliphatic carbocycles. The van der Waals surface area contributed by atoms with Gasteiger partial charge in [0.15, 0.2) is 0 Å². The molecule has 1 amide bonds.